The zero-order valence-electron chi connectivity index (χ0n) is 24.6. The standard InChI is InChI=1S/C31H46O10/c1-17-24(34)25(37-3)26(38-4)27(40-17)41-19-5-10-29(16-32)21-6-9-28(2)20(18-13-23(33)39-15-18)8-12-31(28,36)22(21)7-11-30(29,35)14-19/h13,16-17,19-22,24-27,34-36H,5-12,14-15H2,1-4H3/t17-,19?,20-,21+,22-,24+,25+,26-,27+,28-,29+,30+,31+/m1/s1. The van der Waals surface area contributed by atoms with E-state index in [4.69, 9.17) is 23.7 Å². The van der Waals surface area contributed by atoms with Crippen LogP contribution in [0.2, 0.25) is 0 Å². The van der Waals surface area contributed by atoms with Crippen LogP contribution in [0.1, 0.15) is 71.6 Å². The Labute approximate surface area is 241 Å². The molecule has 41 heavy (non-hydrogen) atoms. The minimum absolute atomic E-state index is 0.0677. The van der Waals surface area contributed by atoms with Crippen molar-refractivity contribution < 1.29 is 48.6 Å². The van der Waals surface area contributed by atoms with Crippen LogP contribution in [0.15, 0.2) is 11.6 Å². The van der Waals surface area contributed by atoms with Gasteiger partial charge in [0.25, 0.3) is 0 Å². The van der Waals surface area contributed by atoms with Crippen molar-refractivity contribution in [3.8, 4) is 0 Å². The number of aliphatic hydroxyl groups excluding tert-OH is 1. The van der Waals surface area contributed by atoms with E-state index < -0.39 is 52.7 Å². The molecule has 1 saturated heterocycles. The fourth-order valence-corrected chi connectivity index (χ4v) is 10.2. The SMILES string of the molecule is CO[C@H]1[C@H](OC2CC[C@]3(C=O)[C@H]4CC[C@]5(C)[C@@H](C6=CC(=O)OC6)CC[C@]5(O)[C@@H]4CC[C@]3(O)C2)O[C@H](C)[C@H](O)[C@@H]1OC. The molecule has 2 heterocycles. The number of carbonyl (C=O) groups is 2. The van der Waals surface area contributed by atoms with Gasteiger partial charge in [-0.25, -0.2) is 4.79 Å². The summed E-state index contributed by atoms with van der Waals surface area (Å²) in [4.78, 5) is 24.9. The molecular formula is C31H46O10. The van der Waals surface area contributed by atoms with Crippen molar-refractivity contribution in [1.29, 1.82) is 0 Å². The maximum atomic E-state index is 13.1. The minimum atomic E-state index is -1.27. The number of aliphatic hydroxyl groups is 3. The van der Waals surface area contributed by atoms with Crippen LogP contribution < -0.4 is 0 Å². The Kier molecular flexibility index (Phi) is 7.49. The van der Waals surface area contributed by atoms with E-state index in [1.54, 1.807) is 13.0 Å². The van der Waals surface area contributed by atoms with E-state index in [9.17, 15) is 24.9 Å². The molecule has 3 N–H and O–H groups in total. The van der Waals surface area contributed by atoms with E-state index in [0.717, 1.165) is 31.1 Å². The molecule has 0 aromatic heterocycles. The van der Waals surface area contributed by atoms with Gasteiger partial charge in [-0.2, -0.15) is 0 Å². The summed E-state index contributed by atoms with van der Waals surface area (Å²) in [6.07, 6.45) is 3.93. The summed E-state index contributed by atoms with van der Waals surface area (Å²) in [5.74, 6) is -0.499. The molecule has 2 aliphatic heterocycles. The van der Waals surface area contributed by atoms with Gasteiger partial charge >= 0.3 is 5.97 Å². The summed E-state index contributed by atoms with van der Waals surface area (Å²) in [7, 11) is 3.04. The van der Waals surface area contributed by atoms with Crippen LogP contribution in [0.25, 0.3) is 0 Å². The van der Waals surface area contributed by atoms with Crippen LogP contribution >= 0.6 is 0 Å². The van der Waals surface area contributed by atoms with Crippen LogP contribution in [-0.4, -0.2) is 96.4 Å². The first kappa shape index (κ1) is 29.7. The molecule has 230 valence electrons. The summed E-state index contributed by atoms with van der Waals surface area (Å²) in [5.41, 5.74) is -2.66. The summed E-state index contributed by atoms with van der Waals surface area (Å²) in [6.45, 7) is 4.20. The number of methoxy groups -OCH3 is 2. The van der Waals surface area contributed by atoms with E-state index >= 15 is 0 Å². The average molecular weight is 579 g/mol. The van der Waals surface area contributed by atoms with Crippen LogP contribution in [0.4, 0.5) is 0 Å². The lowest BCUT2D eigenvalue weighted by Gasteiger charge is -2.65. The van der Waals surface area contributed by atoms with Crippen LogP contribution in [0.5, 0.6) is 0 Å². The topological polar surface area (TPSA) is 141 Å². The molecule has 6 aliphatic rings. The third-order valence-electron chi connectivity index (χ3n) is 12.5. The van der Waals surface area contributed by atoms with Gasteiger partial charge in [0.1, 0.15) is 31.2 Å². The third kappa shape index (κ3) is 4.15. The van der Waals surface area contributed by atoms with Gasteiger partial charge in [0, 0.05) is 32.1 Å². The molecule has 0 spiro atoms. The number of aldehydes is 1. The summed E-state index contributed by atoms with van der Waals surface area (Å²) < 4.78 is 28.7. The highest BCUT2D eigenvalue weighted by atomic mass is 16.7. The average Bonchev–Trinajstić information content (AvgIpc) is 3.49. The first-order valence-corrected chi connectivity index (χ1v) is 15.3. The second kappa shape index (κ2) is 10.4. The monoisotopic (exact) mass is 578 g/mol. The second-order valence-corrected chi connectivity index (χ2v) is 13.8. The molecule has 13 atom stereocenters. The normalized spacial score (nSPS) is 53.1. The van der Waals surface area contributed by atoms with E-state index in [2.05, 4.69) is 6.92 Å². The van der Waals surface area contributed by atoms with E-state index in [-0.39, 0.29) is 36.2 Å². The quantitative estimate of drug-likeness (QED) is 0.244. The lowest BCUT2D eigenvalue weighted by Crippen LogP contribution is -2.69. The molecule has 0 aromatic carbocycles. The fourth-order valence-electron chi connectivity index (χ4n) is 10.2. The fraction of sp³-hybridized carbons (Fsp3) is 0.871. The highest BCUT2D eigenvalue weighted by molar-refractivity contribution is 5.85. The maximum absolute atomic E-state index is 13.1. The zero-order chi connectivity index (χ0) is 29.4. The number of hydrogen-bond donors (Lipinski definition) is 3. The minimum Gasteiger partial charge on any atom is -0.458 e. The second-order valence-electron chi connectivity index (χ2n) is 13.8. The number of fused-ring (bicyclic) bond motifs is 5. The molecule has 1 unspecified atom stereocenters. The molecule has 5 fully saturated rings. The molecule has 0 bridgehead atoms. The van der Waals surface area contributed by atoms with Crippen LogP contribution in [-0.2, 0) is 33.3 Å². The van der Waals surface area contributed by atoms with Gasteiger partial charge in [0.05, 0.1) is 28.8 Å². The number of cyclic esters (lactones) is 1. The van der Waals surface area contributed by atoms with Crippen molar-refractivity contribution in [1.82, 2.24) is 0 Å². The summed E-state index contributed by atoms with van der Waals surface area (Å²) in [6, 6.07) is 0. The predicted molar refractivity (Wildman–Crippen MR) is 144 cm³/mol. The number of carbonyl (C=O) groups excluding carboxylic acids is 2. The first-order chi connectivity index (χ1) is 19.5. The molecule has 0 aromatic rings. The van der Waals surface area contributed by atoms with Crippen molar-refractivity contribution >= 4 is 12.3 Å². The van der Waals surface area contributed by atoms with Crippen LogP contribution in [0.3, 0.4) is 0 Å². The van der Waals surface area contributed by atoms with Gasteiger partial charge in [0.2, 0.25) is 0 Å². The summed E-state index contributed by atoms with van der Waals surface area (Å²) >= 11 is 0. The van der Waals surface area contributed by atoms with E-state index in [1.807, 2.05) is 0 Å². The first-order valence-electron chi connectivity index (χ1n) is 15.3. The molecule has 0 amide bonds. The highest BCUT2D eigenvalue weighted by Gasteiger charge is 2.71. The summed E-state index contributed by atoms with van der Waals surface area (Å²) in [5, 5.41) is 35.2. The number of esters is 1. The Bertz CT molecular complexity index is 1080. The molecule has 0 radical (unpaired) electrons. The van der Waals surface area contributed by atoms with Crippen molar-refractivity contribution in [2.24, 2.45) is 28.6 Å². The third-order valence-corrected chi connectivity index (χ3v) is 12.5. The van der Waals surface area contributed by atoms with Gasteiger partial charge in [-0.3, -0.25) is 0 Å². The molecule has 10 nitrogen and oxygen atoms in total. The van der Waals surface area contributed by atoms with Gasteiger partial charge in [-0.1, -0.05) is 6.92 Å². The van der Waals surface area contributed by atoms with Crippen molar-refractivity contribution in [2.45, 2.75) is 120 Å². The lowest BCUT2D eigenvalue weighted by molar-refractivity contribution is -0.323. The van der Waals surface area contributed by atoms with Gasteiger partial charge in [0.15, 0.2) is 6.29 Å². The largest absolute Gasteiger partial charge is 0.458 e. The Balaban J connectivity index is 1.22. The Morgan fingerprint density at radius 3 is 2.39 bits per heavy atom. The van der Waals surface area contributed by atoms with Crippen molar-refractivity contribution in [3.05, 3.63) is 11.6 Å². The Morgan fingerprint density at radius 2 is 1.73 bits per heavy atom. The van der Waals surface area contributed by atoms with E-state index in [1.165, 1.54) is 14.2 Å². The number of rotatable bonds is 6. The molecular weight excluding hydrogens is 532 g/mol. The van der Waals surface area contributed by atoms with Gasteiger partial charge < -0.3 is 43.8 Å². The molecule has 4 saturated carbocycles. The van der Waals surface area contributed by atoms with Gasteiger partial charge in [-0.15, -0.1) is 0 Å². The Morgan fingerprint density at radius 1 is 1.00 bits per heavy atom. The molecule has 10 heteroatoms. The maximum Gasteiger partial charge on any atom is 0.331 e. The van der Waals surface area contributed by atoms with E-state index in [0.29, 0.717) is 38.7 Å². The number of ether oxygens (including phenoxy) is 5. The van der Waals surface area contributed by atoms with Crippen molar-refractivity contribution in [3.63, 3.8) is 0 Å². The lowest BCUT2D eigenvalue weighted by atomic mass is 9.41. The zero-order valence-corrected chi connectivity index (χ0v) is 24.6. The van der Waals surface area contributed by atoms with Crippen molar-refractivity contribution in [2.75, 3.05) is 20.8 Å². The molecule has 6 rings (SSSR count). The Hall–Kier alpha value is -1.40. The highest BCUT2D eigenvalue weighted by Crippen LogP contribution is 2.70. The molecule has 4 aliphatic carbocycles. The smallest absolute Gasteiger partial charge is 0.331 e. The van der Waals surface area contributed by atoms with Gasteiger partial charge in [-0.05, 0) is 81.6 Å². The predicted octanol–water partition coefficient (Wildman–Crippen LogP) is 2.06. The number of hydrogen-bond acceptors (Lipinski definition) is 10. The van der Waals surface area contributed by atoms with Crippen LogP contribution in [0, 0.1) is 28.6 Å².